The second-order valence-electron chi connectivity index (χ2n) is 4.93. The number of hydrogen-bond acceptors (Lipinski definition) is 3. The molecular weight excluding hydrogens is 206 g/mol. The van der Waals surface area contributed by atoms with E-state index in [1.807, 2.05) is 0 Å². The Bertz CT molecular complexity index is 285. The molecule has 0 heterocycles. The van der Waals surface area contributed by atoms with Gasteiger partial charge in [0.15, 0.2) is 0 Å². The lowest BCUT2D eigenvalue weighted by atomic mass is 9.75. The van der Waals surface area contributed by atoms with Crippen molar-refractivity contribution in [2.24, 2.45) is 5.73 Å². The molecule has 1 rings (SSSR count). The molecule has 1 aliphatic carbocycles. The molecular formula is C11H21N3O2. The molecule has 5 nitrogen and oxygen atoms in total. The number of carbonyl (C=O) groups excluding carboxylic acids is 2. The highest BCUT2D eigenvalue weighted by molar-refractivity contribution is 5.84. The van der Waals surface area contributed by atoms with Gasteiger partial charge in [-0.3, -0.25) is 9.59 Å². The van der Waals surface area contributed by atoms with Crippen LogP contribution >= 0.6 is 0 Å². The Morgan fingerprint density at radius 2 is 1.75 bits per heavy atom. The Morgan fingerprint density at radius 3 is 2.12 bits per heavy atom. The number of amides is 2. The first-order valence-corrected chi connectivity index (χ1v) is 5.57. The first kappa shape index (κ1) is 13.0. The third-order valence-corrected chi connectivity index (χ3v) is 3.15. The van der Waals surface area contributed by atoms with Crippen LogP contribution in [0.4, 0.5) is 0 Å². The maximum atomic E-state index is 11.8. The first-order valence-electron chi connectivity index (χ1n) is 5.57. The highest BCUT2D eigenvalue weighted by Gasteiger charge is 2.35. The van der Waals surface area contributed by atoms with Gasteiger partial charge in [0.25, 0.3) is 0 Å². The lowest BCUT2D eigenvalue weighted by Crippen LogP contribution is -2.51. The first-order chi connectivity index (χ1) is 7.34. The molecule has 1 saturated carbocycles. The van der Waals surface area contributed by atoms with Crippen LogP contribution in [0.5, 0.6) is 0 Å². The van der Waals surface area contributed by atoms with Gasteiger partial charge in [-0.15, -0.1) is 0 Å². The molecule has 0 aromatic rings. The summed E-state index contributed by atoms with van der Waals surface area (Å²) in [5.74, 6) is -0.118. The van der Waals surface area contributed by atoms with Crippen molar-refractivity contribution in [3.05, 3.63) is 0 Å². The van der Waals surface area contributed by atoms with Gasteiger partial charge in [0.1, 0.15) is 0 Å². The fourth-order valence-corrected chi connectivity index (χ4v) is 1.68. The molecule has 0 atom stereocenters. The third-order valence-electron chi connectivity index (χ3n) is 3.15. The van der Waals surface area contributed by atoms with E-state index in [1.54, 1.807) is 21.1 Å². The molecule has 92 valence electrons. The molecule has 0 aliphatic heterocycles. The number of likely N-dealkylation sites (N-methyl/N-ethyl adjacent to an activating group) is 2. The molecule has 1 fully saturated rings. The molecule has 0 spiro atoms. The summed E-state index contributed by atoms with van der Waals surface area (Å²) < 4.78 is 0. The lowest BCUT2D eigenvalue weighted by Gasteiger charge is -2.38. The molecule has 0 aromatic carbocycles. The minimum Gasteiger partial charge on any atom is -0.347 e. The number of hydrogen-bond donors (Lipinski definition) is 1. The van der Waals surface area contributed by atoms with Crippen molar-refractivity contribution >= 4 is 11.8 Å². The molecule has 2 N–H and O–H groups in total. The molecule has 0 bridgehead atoms. The minimum atomic E-state index is -0.313. The molecule has 2 amide bonds. The van der Waals surface area contributed by atoms with Crippen molar-refractivity contribution < 1.29 is 9.59 Å². The van der Waals surface area contributed by atoms with Gasteiger partial charge < -0.3 is 15.5 Å². The van der Waals surface area contributed by atoms with Crippen LogP contribution in [0.15, 0.2) is 0 Å². The Labute approximate surface area is 96.6 Å². The van der Waals surface area contributed by atoms with Crippen LogP contribution < -0.4 is 5.73 Å². The van der Waals surface area contributed by atoms with E-state index >= 15 is 0 Å². The van der Waals surface area contributed by atoms with Crippen molar-refractivity contribution in [1.29, 1.82) is 0 Å². The maximum Gasteiger partial charge on any atom is 0.241 e. The predicted molar refractivity (Wildman–Crippen MR) is 61.7 cm³/mol. The monoisotopic (exact) mass is 227 g/mol. The summed E-state index contributed by atoms with van der Waals surface area (Å²) in [6, 6.07) is 0. The van der Waals surface area contributed by atoms with Gasteiger partial charge in [-0.05, 0) is 19.3 Å². The smallest absolute Gasteiger partial charge is 0.241 e. The highest BCUT2D eigenvalue weighted by Crippen LogP contribution is 2.32. The molecule has 0 saturated heterocycles. The Morgan fingerprint density at radius 1 is 1.19 bits per heavy atom. The third kappa shape index (κ3) is 3.20. The molecule has 0 radical (unpaired) electrons. The SMILES string of the molecule is CN(C)C(=O)CN(C)C(=O)CC1(N)CCC1. The molecule has 1 aliphatic rings. The van der Waals surface area contributed by atoms with E-state index in [-0.39, 0.29) is 23.9 Å². The summed E-state index contributed by atoms with van der Waals surface area (Å²) >= 11 is 0. The second kappa shape index (κ2) is 4.82. The van der Waals surface area contributed by atoms with E-state index in [9.17, 15) is 9.59 Å². The number of rotatable bonds is 4. The van der Waals surface area contributed by atoms with Crippen molar-refractivity contribution in [2.45, 2.75) is 31.2 Å². The summed E-state index contributed by atoms with van der Waals surface area (Å²) in [5.41, 5.74) is 5.68. The Balaban J connectivity index is 2.38. The van der Waals surface area contributed by atoms with Gasteiger partial charge in [0.05, 0.1) is 6.54 Å². The van der Waals surface area contributed by atoms with Gasteiger partial charge in [0, 0.05) is 33.1 Å². The normalized spacial score (nSPS) is 17.5. The zero-order chi connectivity index (χ0) is 12.3. The van der Waals surface area contributed by atoms with E-state index in [1.165, 1.54) is 9.80 Å². The van der Waals surface area contributed by atoms with E-state index in [2.05, 4.69) is 0 Å². The van der Waals surface area contributed by atoms with Crippen LogP contribution in [0.1, 0.15) is 25.7 Å². The average molecular weight is 227 g/mol. The van der Waals surface area contributed by atoms with E-state index in [4.69, 9.17) is 5.73 Å². The van der Waals surface area contributed by atoms with Gasteiger partial charge in [-0.25, -0.2) is 0 Å². The van der Waals surface area contributed by atoms with Crippen LogP contribution in [-0.2, 0) is 9.59 Å². The zero-order valence-electron chi connectivity index (χ0n) is 10.3. The standard InChI is InChI=1S/C11H21N3O2/c1-13(2)10(16)8-14(3)9(15)7-11(12)5-4-6-11/h4-8,12H2,1-3H3. The van der Waals surface area contributed by atoms with Crippen molar-refractivity contribution in [2.75, 3.05) is 27.7 Å². The zero-order valence-corrected chi connectivity index (χ0v) is 10.3. The number of nitrogens with zero attached hydrogens (tertiary/aromatic N) is 2. The van der Waals surface area contributed by atoms with E-state index in [0.29, 0.717) is 6.42 Å². The molecule has 0 unspecified atom stereocenters. The topological polar surface area (TPSA) is 66.6 Å². The van der Waals surface area contributed by atoms with Crippen LogP contribution in [0.2, 0.25) is 0 Å². The van der Waals surface area contributed by atoms with Gasteiger partial charge in [-0.2, -0.15) is 0 Å². The Hall–Kier alpha value is -1.10. The summed E-state index contributed by atoms with van der Waals surface area (Å²) in [7, 11) is 5.00. The van der Waals surface area contributed by atoms with Gasteiger partial charge >= 0.3 is 0 Å². The summed E-state index contributed by atoms with van der Waals surface area (Å²) in [6.45, 7) is 0.127. The molecule has 5 heteroatoms. The maximum absolute atomic E-state index is 11.8. The summed E-state index contributed by atoms with van der Waals surface area (Å²) in [5, 5.41) is 0. The van der Waals surface area contributed by atoms with Gasteiger partial charge in [0.2, 0.25) is 11.8 Å². The second-order valence-corrected chi connectivity index (χ2v) is 4.93. The van der Waals surface area contributed by atoms with Crippen molar-refractivity contribution in [1.82, 2.24) is 9.80 Å². The van der Waals surface area contributed by atoms with Crippen LogP contribution in [-0.4, -0.2) is 54.8 Å². The summed E-state index contributed by atoms with van der Waals surface area (Å²) in [6.07, 6.45) is 3.27. The van der Waals surface area contributed by atoms with Crippen molar-refractivity contribution in [3.63, 3.8) is 0 Å². The van der Waals surface area contributed by atoms with Crippen molar-refractivity contribution in [3.8, 4) is 0 Å². The number of carbonyl (C=O) groups is 2. The van der Waals surface area contributed by atoms with Crippen LogP contribution in [0, 0.1) is 0 Å². The van der Waals surface area contributed by atoms with E-state index < -0.39 is 0 Å². The quantitative estimate of drug-likeness (QED) is 0.723. The average Bonchev–Trinajstić information content (AvgIpc) is 2.14. The van der Waals surface area contributed by atoms with Gasteiger partial charge in [-0.1, -0.05) is 0 Å². The largest absolute Gasteiger partial charge is 0.347 e. The Kier molecular flexibility index (Phi) is 3.91. The fraction of sp³-hybridized carbons (Fsp3) is 0.818. The fourth-order valence-electron chi connectivity index (χ4n) is 1.68. The highest BCUT2D eigenvalue weighted by atomic mass is 16.2. The predicted octanol–water partition coefficient (Wildman–Crippen LogP) is -0.195. The summed E-state index contributed by atoms with van der Waals surface area (Å²) in [4.78, 5) is 26.1. The van der Waals surface area contributed by atoms with Crippen LogP contribution in [0.25, 0.3) is 0 Å². The molecule has 0 aromatic heterocycles. The van der Waals surface area contributed by atoms with Crippen LogP contribution in [0.3, 0.4) is 0 Å². The lowest BCUT2D eigenvalue weighted by molar-refractivity contribution is -0.139. The number of nitrogens with two attached hydrogens (primary N) is 1. The minimum absolute atomic E-state index is 0.0441. The molecule has 16 heavy (non-hydrogen) atoms. The van der Waals surface area contributed by atoms with E-state index in [0.717, 1.165) is 19.3 Å².